The van der Waals surface area contributed by atoms with Gasteiger partial charge in [0.25, 0.3) is 0 Å². The molecule has 1 aliphatic heterocycles. The molecule has 1 fully saturated rings. The van der Waals surface area contributed by atoms with E-state index in [1.165, 1.54) is 12.1 Å². The number of fused-ring (bicyclic) bond motifs is 2. The summed E-state index contributed by atoms with van der Waals surface area (Å²) in [6.45, 7) is 1.96. The number of aromatic nitrogens is 3. The van der Waals surface area contributed by atoms with E-state index in [9.17, 15) is 4.39 Å². The highest BCUT2D eigenvalue weighted by molar-refractivity contribution is 6.42. The van der Waals surface area contributed by atoms with Gasteiger partial charge < -0.3 is 14.6 Å². The van der Waals surface area contributed by atoms with Gasteiger partial charge in [0.15, 0.2) is 0 Å². The second kappa shape index (κ2) is 11.2. The first-order valence-electron chi connectivity index (χ1n) is 13.3. The number of ether oxygens (including phenoxy) is 1. The molecule has 1 saturated carbocycles. The van der Waals surface area contributed by atoms with Crippen LogP contribution in [0.4, 0.5) is 15.8 Å². The summed E-state index contributed by atoms with van der Waals surface area (Å²) < 4.78 is 21.9. The maximum Gasteiger partial charge on any atom is 0.125 e. The number of aryl methyl sites for hydroxylation is 1. The second-order valence-corrected chi connectivity index (χ2v) is 10.9. The van der Waals surface area contributed by atoms with Crippen molar-refractivity contribution >= 4 is 45.6 Å². The van der Waals surface area contributed by atoms with Gasteiger partial charge in [0.2, 0.25) is 0 Å². The van der Waals surface area contributed by atoms with Gasteiger partial charge in [-0.25, -0.2) is 9.37 Å². The highest BCUT2D eigenvalue weighted by Crippen LogP contribution is 2.33. The highest BCUT2D eigenvalue weighted by atomic mass is 35.5. The van der Waals surface area contributed by atoms with Gasteiger partial charge in [0.1, 0.15) is 5.82 Å². The van der Waals surface area contributed by atoms with Gasteiger partial charge in [-0.05, 0) is 87.2 Å². The predicted octanol–water partition coefficient (Wildman–Crippen LogP) is 7.88. The highest BCUT2D eigenvalue weighted by Gasteiger charge is 2.22. The topological polar surface area (TPSA) is 64.3 Å². The summed E-state index contributed by atoms with van der Waals surface area (Å²) >= 11 is 12.7. The Bertz CT molecular complexity index is 1750. The van der Waals surface area contributed by atoms with Crippen LogP contribution in [0, 0.1) is 12.7 Å². The molecule has 0 saturated heterocycles. The van der Waals surface area contributed by atoms with Crippen molar-refractivity contribution in [3.05, 3.63) is 93.8 Å². The lowest BCUT2D eigenvalue weighted by molar-refractivity contribution is 0.0663. The summed E-state index contributed by atoms with van der Waals surface area (Å²) in [5.74, 6) is -0.359. The van der Waals surface area contributed by atoms with E-state index >= 15 is 0 Å². The molecule has 0 radical (unpaired) electrons. The van der Waals surface area contributed by atoms with E-state index in [0.29, 0.717) is 21.3 Å². The predicted molar refractivity (Wildman–Crippen MR) is 159 cm³/mol. The Hall–Kier alpha value is -3.52. The van der Waals surface area contributed by atoms with E-state index in [2.05, 4.69) is 10.3 Å². The van der Waals surface area contributed by atoms with Crippen molar-refractivity contribution in [2.24, 2.45) is 4.99 Å². The molecule has 2 aromatic carbocycles. The Morgan fingerprint density at radius 1 is 0.975 bits per heavy atom. The summed E-state index contributed by atoms with van der Waals surface area (Å²) in [4.78, 5) is 14.5. The Morgan fingerprint density at radius 3 is 2.55 bits per heavy atom. The van der Waals surface area contributed by atoms with Crippen molar-refractivity contribution in [3.63, 3.8) is 0 Å². The van der Waals surface area contributed by atoms with Crippen molar-refractivity contribution < 1.29 is 9.13 Å². The number of halogens is 3. The number of rotatable bonds is 5. The summed E-state index contributed by atoms with van der Waals surface area (Å²) in [7, 11) is 1.77. The van der Waals surface area contributed by atoms with Gasteiger partial charge >= 0.3 is 0 Å². The molecule has 3 aromatic rings. The van der Waals surface area contributed by atoms with Crippen molar-refractivity contribution in [1.29, 1.82) is 0 Å². The molecule has 6 nitrogen and oxygen atoms in total. The van der Waals surface area contributed by atoms with Crippen molar-refractivity contribution in [2.45, 2.75) is 44.8 Å². The third-order valence-corrected chi connectivity index (χ3v) is 8.23. The van der Waals surface area contributed by atoms with Crippen molar-refractivity contribution in [3.8, 4) is 17.1 Å². The SMILES string of the molecule is COC1CCC(N=c2cc3n(-c4ccc(Cl)c(Cl)c4)c4ccc(F)cc4nc-3cc2Nc2cccnc2C)CC1. The molecule has 1 N–H and O–H groups in total. The largest absolute Gasteiger partial charge is 0.381 e. The fourth-order valence-corrected chi connectivity index (χ4v) is 5.64. The zero-order valence-electron chi connectivity index (χ0n) is 22.2. The number of anilines is 2. The molecule has 1 aromatic heterocycles. The van der Waals surface area contributed by atoms with E-state index in [1.807, 2.05) is 41.8 Å². The zero-order chi connectivity index (χ0) is 27.8. The first kappa shape index (κ1) is 26.7. The van der Waals surface area contributed by atoms with Crippen LogP contribution in [0.2, 0.25) is 10.0 Å². The van der Waals surface area contributed by atoms with Crippen molar-refractivity contribution in [1.82, 2.24) is 14.5 Å². The minimum atomic E-state index is -0.359. The maximum atomic E-state index is 14.3. The van der Waals surface area contributed by atoms with Gasteiger partial charge in [0.05, 0.1) is 67.0 Å². The monoisotopic (exact) mass is 575 g/mol. The van der Waals surface area contributed by atoms with Crippen LogP contribution < -0.4 is 10.7 Å². The molecule has 0 bridgehead atoms. The normalized spacial score (nSPS) is 18.0. The van der Waals surface area contributed by atoms with Gasteiger partial charge in [-0.2, -0.15) is 0 Å². The van der Waals surface area contributed by atoms with Crippen LogP contribution in [-0.4, -0.2) is 33.8 Å². The van der Waals surface area contributed by atoms with Crippen LogP contribution >= 0.6 is 23.2 Å². The number of benzene rings is 3. The van der Waals surface area contributed by atoms with Gasteiger partial charge in [-0.15, -0.1) is 0 Å². The Kier molecular flexibility index (Phi) is 7.45. The minimum absolute atomic E-state index is 0.167. The maximum absolute atomic E-state index is 14.3. The average molecular weight is 577 g/mol. The molecular weight excluding hydrogens is 548 g/mol. The number of pyridine rings is 1. The Labute approximate surface area is 241 Å². The van der Waals surface area contributed by atoms with E-state index in [0.717, 1.165) is 65.0 Å². The number of hydrogen-bond acceptors (Lipinski definition) is 5. The summed E-state index contributed by atoms with van der Waals surface area (Å²) in [5, 5.41) is 5.24. The van der Waals surface area contributed by atoms with E-state index in [-0.39, 0.29) is 18.0 Å². The number of nitrogens with zero attached hydrogens (tertiary/aromatic N) is 4. The molecule has 9 heteroatoms. The lowest BCUT2D eigenvalue weighted by Gasteiger charge is -2.25. The van der Waals surface area contributed by atoms with Crippen molar-refractivity contribution in [2.75, 3.05) is 12.4 Å². The minimum Gasteiger partial charge on any atom is -0.381 e. The van der Waals surface area contributed by atoms with Crippen LogP contribution in [0.15, 0.2) is 71.9 Å². The van der Waals surface area contributed by atoms with Gasteiger partial charge in [0, 0.05) is 25.1 Å². The van der Waals surface area contributed by atoms with E-state index < -0.39 is 0 Å². The first-order chi connectivity index (χ1) is 19.4. The second-order valence-electron chi connectivity index (χ2n) is 10.1. The van der Waals surface area contributed by atoms with E-state index in [1.54, 1.807) is 31.5 Å². The van der Waals surface area contributed by atoms with Crippen LogP contribution in [-0.2, 0) is 4.74 Å². The fourth-order valence-electron chi connectivity index (χ4n) is 5.35. The lowest BCUT2D eigenvalue weighted by Crippen LogP contribution is -2.25. The van der Waals surface area contributed by atoms with E-state index in [4.69, 9.17) is 37.9 Å². The Balaban J connectivity index is 1.61. The molecule has 2 aliphatic carbocycles. The van der Waals surface area contributed by atoms with Gasteiger partial charge in [-0.1, -0.05) is 23.2 Å². The van der Waals surface area contributed by atoms with Gasteiger partial charge in [-0.3, -0.25) is 9.98 Å². The first-order valence-corrected chi connectivity index (χ1v) is 14.0. The molecule has 0 unspecified atom stereocenters. The Morgan fingerprint density at radius 2 is 1.80 bits per heavy atom. The average Bonchev–Trinajstić information content (AvgIpc) is 2.95. The molecule has 204 valence electrons. The molecule has 3 aliphatic rings. The van der Waals surface area contributed by atoms with Crippen LogP contribution in [0.5, 0.6) is 0 Å². The van der Waals surface area contributed by atoms with Crippen LogP contribution in [0.25, 0.3) is 28.1 Å². The molecule has 6 rings (SSSR count). The quantitative estimate of drug-likeness (QED) is 0.216. The molecule has 0 amide bonds. The molecule has 0 atom stereocenters. The molecule has 0 spiro atoms. The molecule has 40 heavy (non-hydrogen) atoms. The smallest absolute Gasteiger partial charge is 0.125 e. The number of nitrogens with one attached hydrogen (secondary N) is 1. The summed E-state index contributed by atoms with van der Waals surface area (Å²) in [6, 6.07) is 18.1. The van der Waals surface area contributed by atoms with Crippen LogP contribution in [0.1, 0.15) is 31.4 Å². The third-order valence-electron chi connectivity index (χ3n) is 7.49. The number of hydrogen-bond donors (Lipinski definition) is 1. The van der Waals surface area contributed by atoms with Crippen LogP contribution in [0.3, 0.4) is 0 Å². The third kappa shape index (κ3) is 5.29. The molecular formula is C31H28Cl2FN5O. The standard InChI is InChI=1S/C31H28Cl2FN5O/c1-18-25(4-3-13-35-18)37-26-16-29-31(17-27(26)36-20-6-9-22(40-2)10-7-20)39(21-8-11-23(32)24(33)15-21)30-12-5-19(34)14-28(30)38-29/h3-5,8,11-17,20,22,37H,6-7,9-10H2,1-2H3. The molecule has 2 heterocycles. The lowest BCUT2D eigenvalue weighted by atomic mass is 9.93. The number of methoxy groups -OCH3 is 1. The fraction of sp³-hybridized carbons (Fsp3) is 0.258. The zero-order valence-corrected chi connectivity index (χ0v) is 23.7. The summed E-state index contributed by atoms with van der Waals surface area (Å²) in [5.41, 5.74) is 6.09. The summed E-state index contributed by atoms with van der Waals surface area (Å²) in [6.07, 6.45) is 5.90.